The van der Waals surface area contributed by atoms with Gasteiger partial charge in [0.15, 0.2) is 0 Å². The van der Waals surface area contributed by atoms with Gasteiger partial charge in [-0.25, -0.2) is 4.79 Å². The number of hydrogen-bond donors (Lipinski definition) is 0. The lowest BCUT2D eigenvalue weighted by Crippen LogP contribution is -2.50. The van der Waals surface area contributed by atoms with E-state index in [4.69, 9.17) is 9.47 Å². The average Bonchev–Trinajstić information content (AvgIpc) is 2.81. The molecule has 1 fully saturated rings. The Bertz CT molecular complexity index is 852. The van der Waals surface area contributed by atoms with Crippen molar-refractivity contribution in [2.24, 2.45) is 5.92 Å². The monoisotopic (exact) mass is 451 g/mol. The Morgan fingerprint density at radius 2 is 1.55 bits per heavy atom. The molecule has 0 spiro atoms. The highest BCUT2D eigenvalue weighted by Gasteiger charge is 2.37. The summed E-state index contributed by atoms with van der Waals surface area (Å²) in [6.45, 7) is 5.96. The molecule has 33 heavy (non-hydrogen) atoms. The van der Waals surface area contributed by atoms with Gasteiger partial charge < -0.3 is 14.4 Å². The first-order valence-electron chi connectivity index (χ1n) is 12.0. The molecule has 2 aromatic rings. The van der Waals surface area contributed by atoms with E-state index in [0.717, 1.165) is 32.1 Å². The first-order chi connectivity index (χ1) is 15.8. The Labute approximate surface area is 198 Å². The largest absolute Gasteiger partial charge is 0.469 e. The predicted molar refractivity (Wildman–Crippen MR) is 130 cm³/mol. The van der Waals surface area contributed by atoms with Crippen molar-refractivity contribution in [1.82, 2.24) is 4.90 Å². The molecule has 2 aromatic carbocycles. The maximum Gasteiger partial charge on any atom is 0.410 e. The van der Waals surface area contributed by atoms with Crippen LogP contribution in [0.3, 0.4) is 0 Å². The Kier molecular flexibility index (Phi) is 8.54. The number of nitrogens with zero attached hydrogens (tertiary/aromatic N) is 1. The van der Waals surface area contributed by atoms with Crippen LogP contribution >= 0.6 is 0 Å². The van der Waals surface area contributed by atoms with Crippen molar-refractivity contribution < 1.29 is 19.1 Å². The molecule has 1 heterocycles. The highest BCUT2D eigenvalue weighted by Crippen LogP contribution is 2.32. The number of carbonyl (C=O) groups excluding carboxylic acids is 2. The summed E-state index contributed by atoms with van der Waals surface area (Å²) in [5.41, 5.74) is 2.04. The zero-order valence-corrected chi connectivity index (χ0v) is 20.3. The van der Waals surface area contributed by atoms with Crippen LogP contribution in [0.2, 0.25) is 0 Å². The minimum Gasteiger partial charge on any atom is -0.469 e. The second-order valence-electron chi connectivity index (χ2n) is 9.89. The van der Waals surface area contributed by atoms with E-state index < -0.39 is 5.60 Å². The van der Waals surface area contributed by atoms with Crippen LogP contribution in [-0.2, 0) is 14.3 Å². The maximum atomic E-state index is 13.0. The second kappa shape index (κ2) is 11.4. The van der Waals surface area contributed by atoms with E-state index >= 15 is 0 Å². The summed E-state index contributed by atoms with van der Waals surface area (Å²) < 4.78 is 10.6. The number of methoxy groups -OCH3 is 1. The third kappa shape index (κ3) is 7.08. The summed E-state index contributed by atoms with van der Waals surface area (Å²) in [6, 6.07) is 21.2. The molecule has 3 rings (SSSR count). The third-order valence-corrected chi connectivity index (χ3v) is 6.30. The highest BCUT2D eigenvalue weighted by atomic mass is 16.6. The lowest BCUT2D eigenvalue weighted by molar-refractivity contribution is -0.147. The summed E-state index contributed by atoms with van der Waals surface area (Å²) in [5, 5.41) is 0. The summed E-state index contributed by atoms with van der Waals surface area (Å²) in [7, 11) is 1.40. The van der Waals surface area contributed by atoms with Crippen LogP contribution in [0.1, 0.15) is 69.9 Å². The van der Waals surface area contributed by atoms with Gasteiger partial charge in [0.25, 0.3) is 0 Å². The molecule has 1 amide bonds. The van der Waals surface area contributed by atoms with Gasteiger partial charge in [-0.2, -0.15) is 0 Å². The lowest BCUT2D eigenvalue weighted by Gasteiger charge is -2.39. The maximum absolute atomic E-state index is 13.0. The smallest absolute Gasteiger partial charge is 0.410 e. The number of esters is 1. The van der Waals surface area contributed by atoms with Gasteiger partial charge in [-0.3, -0.25) is 4.79 Å². The van der Waals surface area contributed by atoms with Crippen LogP contribution in [0.25, 0.3) is 0 Å². The van der Waals surface area contributed by atoms with Crippen LogP contribution in [0.15, 0.2) is 60.7 Å². The molecule has 2 atom stereocenters. The minimum atomic E-state index is -0.578. The van der Waals surface area contributed by atoms with Crippen molar-refractivity contribution in [1.29, 1.82) is 0 Å². The number of likely N-dealkylation sites (tertiary alicyclic amines) is 1. The number of benzene rings is 2. The van der Waals surface area contributed by atoms with E-state index in [-0.39, 0.29) is 24.0 Å². The fourth-order valence-electron chi connectivity index (χ4n) is 4.68. The highest BCUT2D eigenvalue weighted by molar-refractivity contribution is 5.75. The number of amides is 1. The molecule has 0 aromatic heterocycles. The van der Waals surface area contributed by atoms with Gasteiger partial charge in [-0.05, 0) is 57.6 Å². The van der Waals surface area contributed by atoms with E-state index in [1.54, 1.807) is 4.90 Å². The van der Waals surface area contributed by atoms with Crippen LogP contribution in [0.5, 0.6) is 0 Å². The Morgan fingerprint density at radius 3 is 2.06 bits per heavy atom. The molecule has 5 nitrogen and oxygen atoms in total. The van der Waals surface area contributed by atoms with Gasteiger partial charge >= 0.3 is 12.1 Å². The molecule has 178 valence electrons. The molecule has 0 unspecified atom stereocenters. The number of hydrogen-bond acceptors (Lipinski definition) is 4. The standard InChI is InChI=1S/C28H37NO4/c1-28(2,3)33-27(31)29-20-23(26(30)32-4)18-19-24(29)16-11-17-25(21-12-7-5-8-13-21)22-14-9-6-10-15-22/h5-10,12-15,23-25H,11,16-20H2,1-4H3/t23-,24+/m1/s1. The normalized spacial score (nSPS) is 18.8. The van der Waals surface area contributed by atoms with E-state index in [9.17, 15) is 9.59 Å². The van der Waals surface area contributed by atoms with Gasteiger partial charge in [0, 0.05) is 18.5 Å². The Balaban J connectivity index is 1.70. The van der Waals surface area contributed by atoms with Crippen LogP contribution in [0, 0.1) is 5.92 Å². The minimum absolute atomic E-state index is 0.0629. The molecule has 5 heteroatoms. The molecule has 0 radical (unpaired) electrons. The molecule has 1 aliphatic rings. The number of ether oxygens (including phenoxy) is 2. The van der Waals surface area contributed by atoms with Gasteiger partial charge in [0.05, 0.1) is 13.0 Å². The molecule has 1 aliphatic heterocycles. The molecule has 1 saturated heterocycles. The summed E-state index contributed by atoms with van der Waals surface area (Å²) in [5.74, 6) is -0.232. The predicted octanol–water partition coefficient (Wildman–Crippen LogP) is 6.18. The van der Waals surface area contributed by atoms with Crippen molar-refractivity contribution >= 4 is 12.1 Å². The summed E-state index contributed by atoms with van der Waals surface area (Å²) >= 11 is 0. The van der Waals surface area contributed by atoms with Crippen molar-refractivity contribution in [2.45, 2.75) is 70.4 Å². The van der Waals surface area contributed by atoms with E-state index in [2.05, 4.69) is 48.5 Å². The summed E-state index contributed by atoms with van der Waals surface area (Å²) in [6.07, 6.45) is 4.01. The van der Waals surface area contributed by atoms with Crippen molar-refractivity contribution in [3.8, 4) is 0 Å². The van der Waals surface area contributed by atoms with Crippen LogP contribution in [0.4, 0.5) is 4.79 Å². The van der Waals surface area contributed by atoms with E-state index in [1.165, 1.54) is 18.2 Å². The molecule has 0 saturated carbocycles. The van der Waals surface area contributed by atoms with Gasteiger partial charge in [-0.15, -0.1) is 0 Å². The Morgan fingerprint density at radius 1 is 0.970 bits per heavy atom. The fraction of sp³-hybridized carbons (Fsp3) is 0.500. The van der Waals surface area contributed by atoms with Crippen molar-refractivity contribution in [3.63, 3.8) is 0 Å². The first-order valence-corrected chi connectivity index (χ1v) is 12.0. The molecule has 0 N–H and O–H groups in total. The average molecular weight is 452 g/mol. The van der Waals surface area contributed by atoms with Crippen LogP contribution < -0.4 is 0 Å². The van der Waals surface area contributed by atoms with Crippen molar-refractivity contribution in [2.75, 3.05) is 13.7 Å². The van der Waals surface area contributed by atoms with E-state index in [0.29, 0.717) is 12.5 Å². The van der Waals surface area contributed by atoms with Gasteiger partial charge in [-0.1, -0.05) is 67.1 Å². The van der Waals surface area contributed by atoms with Gasteiger partial charge in [0.2, 0.25) is 0 Å². The zero-order valence-electron chi connectivity index (χ0n) is 20.3. The molecule has 0 aliphatic carbocycles. The Hall–Kier alpha value is -2.82. The first kappa shape index (κ1) is 24.8. The zero-order chi connectivity index (χ0) is 23.8. The topological polar surface area (TPSA) is 55.8 Å². The van der Waals surface area contributed by atoms with Crippen LogP contribution in [-0.4, -0.2) is 42.3 Å². The van der Waals surface area contributed by atoms with Gasteiger partial charge in [0.1, 0.15) is 5.60 Å². The number of rotatable bonds is 7. The van der Waals surface area contributed by atoms with Crippen molar-refractivity contribution in [3.05, 3.63) is 71.8 Å². The molecular weight excluding hydrogens is 414 g/mol. The molecular formula is C28H37NO4. The quantitative estimate of drug-likeness (QED) is 0.472. The number of piperidine rings is 1. The SMILES string of the molecule is COC(=O)[C@@H]1CC[C@H](CCCC(c2ccccc2)c2ccccc2)N(C(=O)OC(C)(C)C)C1. The third-order valence-electron chi connectivity index (χ3n) is 6.30. The fourth-order valence-corrected chi connectivity index (χ4v) is 4.68. The number of carbonyl (C=O) groups is 2. The molecule has 0 bridgehead atoms. The van der Waals surface area contributed by atoms with E-state index in [1.807, 2.05) is 32.9 Å². The lowest BCUT2D eigenvalue weighted by atomic mass is 9.85. The second-order valence-corrected chi connectivity index (χ2v) is 9.89. The summed E-state index contributed by atoms with van der Waals surface area (Å²) in [4.78, 5) is 26.9.